The quantitative estimate of drug-likeness (QED) is 0.427. The van der Waals surface area contributed by atoms with E-state index in [9.17, 15) is 4.79 Å². The van der Waals surface area contributed by atoms with Crippen LogP contribution in [0.5, 0.6) is 0 Å². The Labute approximate surface area is 125 Å². The van der Waals surface area contributed by atoms with Gasteiger partial charge in [-0.05, 0) is 32.7 Å². The first-order valence-electron chi connectivity index (χ1n) is 8.62. The normalized spacial score (nSPS) is 12.5. The molecule has 1 unspecified atom stereocenters. The standard InChI is InChI=1S/C17H35NO2/c1-3-4-5-6-7-10-13-16(2)18-15-12-9-8-11-14-17(19)20/h16,18H,3-15H2,1-2H3,(H,19,20). The summed E-state index contributed by atoms with van der Waals surface area (Å²) in [6.07, 6.45) is 14.0. The number of carboxylic acid groups (broad SMARTS) is 1. The smallest absolute Gasteiger partial charge is 0.303 e. The van der Waals surface area contributed by atoms with Gasteiger partial charge in [0.05, 0.1) is 0 Å². The van der Waals surface area contributed by atoms with Gasteiger partial charge in [-0.3, -0.25) is 4.79 Å². The Balaban J connectivity index is 3.16. The maximum absolute atomic E-state index is 10.3. The first-order chi connectivity index (χ1) is 9.66. The largest absolute Gasteiger partial charge is 0.481 e. The molecule has 20 heavy (non-hydrogen) atoms. The van der Waals surface area contributed by atoms with Gasteiger partial charge in [-0.1, -0.05) is 58.3 Å². The van der Waals surface area contributed by atoms with Crippen molar-refractivity contribution in [3.63, 3.8) is 0 Å². The van der Waals surface area contributed by atoms with Crippen LogP contribution >= 0.6 is 0 Å². The molecule has 1 atom stereocenters. The van der Waals surface area contributed by atoms with E-state index in [1.807, 2.05) is 0 Å². The van der Waals surface area contributed by atoms with Crippen molar-refractivity contribution in [1.82, 2.24) is 5.32 Å². The summed E-state index contributed by atoms with van der Waals surface area (Å²) in [5, 5.41) is 12.1. The van der Waals surface area contributed by atoms with E-state index >= 15 is 0 Å². The van der Waals surface area contributed by atoms with Gasteiger partial charge >= 0.3 is 5.97 Å². The molecule has 0 aromatic heterocycles. The lowest BCUT2D eigenvalue weighted by Crippen LogP contribution is -2.26. The van der Waals surface area contributed by atoms with Crippen LogP contribution in [-0.2, 0) is 4.79 Å². The van der Waals surface area contributed by atoms with Gasteiger partial charge in [-0.15, -0.1) is 0 Å². The van der Waals surface area contributed by atoms with Gasteiger partial charge in [0.1, 0.15) is 0 Å². The molecule has 0 amide bonds. The maximum atomic E-state index is 10.3. The lowest BCUT2D eigenvalue weighted by atomic mass is 10.1. The summed E-state index contributed by atoms with van der Waals surface area (Å²) in [5.41, 5.74) is 0. The highest BCUT2D eigenvalue weighted by Crippen LogP contribution is 2.08. The summed E-state index contributed by atoms with van der Waals surface area (Å²) >= 11 is 0. The van der Waals surface area contributed by atoms with Crippen molar-refractivity contribution in [1.29, 1.82) is 0 Å². The second-order valence-electron chi connectivity index (χ2n) is 5.97. The van der Waals surface area contributed by atoms with E-state index in [1.54, 1.807) is 0 Å². The van der Waals surface area contributed by atoms with Gasteiger partial charge in [0.2, 0.25) is 0 Å². The van der Waals surface area contributed by atoms with Crippen molar-refractivity contribution in [3.8, 4) is 0 Å². The maximum Gasteiger partial charge on any atom is 0.303 e. The Morgan fingerprint density at radius 1 is 0.950 bits per heavy atom. The lowest BCUT2D eigenvalue weighted by Gasteiger charge is -2.13. The molecule has 0 rings (SSSR count). The second-order valence-corrected chi connectivity index (χ2v) is 5.97. The van der Waals surface area contributed by atoms with E-state index in [0.717, 1.165) is 25.8 Å². The summed E-state index contributed by atoms with van der Waals surface area (Å²) in [4.78, 5) is 10.3. The van der Waals surface area contributed by atoms with E-state index in [0.29, 0.717) is 12.5 Å². The molecule has 0 saturated carbocycles. The Hall–Kier alpha value is -0.570. The van der Waals surface area contributed by atoms with Crippen molar-refractivity contribution < 1.29 is 9.90 Å². The van der Waals surface area contributed by atoms with Crippen LogP contribution in [0, 0.1) is 0 Å². The zero-order chi connectivity index (χ0) is 15.1. The molecule has 3 heteroatoms. The number of nitrogens with one attached hydrogen (secondary N) is 1. The van der Waals surface area contributed by atoms with Crippen molar-refractivity contribution in [2.45, 2.75) is 96.9 Å². The van der Waals surface area contributed by atoms with Crippen LogP contribution in [0.15, 0.2) is 0 Å². The SMILES string of the molecule is CCCCCCCCC(C)NCCCCCCC(=O)O. The van der Waals surface area contributed by atoms with Crippen LogP contribution in [0.4, 0.5) is 0 Å². The average molecular weight is 285 g/mol. The Bertz CT molecular complexity index is 219. The third-order valence-corrected chi connectivity index (χ3v) is 3.80. The van der Waals surface area contributed by atoms with Crippen LogP contribution in [0.25, 0.3) is 0 Å². The summed E-state index contributed by atoms with van der Waals surface area (Å²) in [6.45, 7) is 5.61. The number of unbranched alkanes of at least 4 members (excludes halogenated alkanes) is 8. The number of hydrogen-bond donors (Lipinski definition) is 2. The lowest BCUT2D eigenvalue weighted by molar-refractivity contribution is -0.137. The van der Waals surface area contributed by atoms with E-state index in [-0.39, 0.29) is 0 Å². The molecule has 0 aliphatic heterocycles. The molecule has 0 aromatic rings. The van der Waals surface area contributed by atoms with Crippen LogP contribution in [0.3, 0.4) is 0 Å². The van der Waals surface area contributed by atoms with Gasteiger partial charge in [0, 0.05) is 12.5 Å². The highest BCUT2D eigenvalue weighted by Gasteiger charge is 2.01. The Kier molecular flexibility index (Phi) is 14.4. The molecule has 0 aliphatic carbocycles. The Morgan fingerprint density at radius 3 is 2.25 bits per heavy atom. The van der Waals surface area contributed by atoms with E-state index in [4.69, 9.17) is 5.11 Å². The molecule has 0 spiro atoms. The second kappa shape index (κ2) is 14.8. The molecule has 0 heterocycles. The third kappa shape index (κ3) is 15.5. The molecule has 0 aromatic carbocycles. The molecular formula is C17H35NO2. The molecule has 120 valence electrons. The number of aliphatic carboxylic acids is 1. The molecule has 0 fully saturated rings. The average Bonchev–Trinajstić information content (AvgIpc) is 2.41. The molecule has 0 saturated heterocycles. The van der Waals surface area contributed by atoms with Gasteiger partial charge in [0.25, 0.3) is 0 Å². The van der Waals surface area contributed by atoms with Crippen molar-refractivity contribution in [2.24, 2.45) is 0 Å². The minimum atomic E-state index is -0.671. The van der Waals surface area contributed by atoms with E-state index in [1.165, 1.54) is 51.4 Å². The zero-order valence-electron chi connectivity index (χ0n) is 13.6. The van der Waals surface area contributed by atoms with Gasteiger partial charge in [-0.2, -0.15) is 0 Å². The number of carbonyl (C=O) groups is 1. The molecule has 2 N–H and O–H groups in total. The zero-order valence-corrected chi connectivity index (χ0v) is 13.6. The summed E-state index contributed by atoms with van der Waals surface area (Å²) in [6, 6.07) is 0.625. The van der Waals surface area contributed by atoms with Gasteiger partial charge in [0.15, 0.2) is 0 Å². The van der Waals surface area contributed by atoms with Crippen molar-refractivity contribution in [3.05, 3.63) is 0 Å². The van der Waals surface area contributed by atoms with Crippen LogP contribution in [-0.4, -0.2) is 23.7 Å². The van der Waals surface area contributed by atoms with Crippen LogP contribution < -0.4 is 5.32 Å². The Morgan fingerprint density at radius 2 is 1.55 bits per heavy atom. The predicted molar refractivity (Wildman–Crippen MR) is 86.2 cm³/mol. The number of hydrogen-bond acceptors (Lipinski definition) is 2. The monoisotopic (exact) mass is 285 g/mol. The third-order valence-electron chi connectivity index (χ3n) is 3.80. The van der Waals surface area contributed by atoms with Crippen molar-refractivity contribution in [2.75, 3.05) is 6.54 Å². The molecule has 0 radical (unpaired) electrons. The number of carboxylic acids is 1. The predicted octanol–water partition coefficient (Wildman–Crippen LogP) is 4.75. The first kappa shape index (κ1) is 19.4. The number of rotatable bonds is 15. The summed E-state index contributed by atoms with van der Waals surface area (Å²) < 4.78 is 0. The molecule has 3 nitrogen and oxygen atoms in total. The fourth-order valence-corrected chi connectivity index (χ4v) is 2.44. The van der Waals surface area contributed by atoms with Gasteiger partial charge < -0.3 is 10.4 Å². The summed E-state index contributed by atoms with van der Waals surface area (Å²) in [5.74, 6) is -0.671. The first-order valence-corrected chi connectivity index (χ1v) is 8.62. The van der Waals surface area contributed by atoms with E-state index < -0.39 is 5.97 Å². The molecular weight excluding hydrogens is 250 g/mol. The van der Waals surface area contributed by atoms with Crippen molar-refractivity contribution >= 4 is 5.97 Å². The highest BCUT2D eigenvalue weighted by molar-refractivity contribution is 5.66. The van der Waals surface area contributed by atoms with Crippen LogP contribution in [0.2, 0.25) is 0 Å². The molecule has 0 aliphatic rings. The minimum absolute atomic E-state index is 0.321. The van der Waals surface area contributed by atoms with Gasteiger partial charge in [-0.25, -0.2) is 0 Å². The van der Waals surface area contributed by atoms with Crippen LogP contribution in [0.1, 0.15) is 90.9 Å². The summed E-state index contributed by atoms with van der Waals surface area (Å²) in [7, 11) is 0. The van der Waals surface area contributed by atoms with E-state index in [2.05, 4.69) is 19.2 Å². The minimum Gasteiger partial charge on any atom is -0.481 e. The fraction of sp³-hybridized carbons (Fsp3) is 0.941. The topological polar surface area (TPSA) is 49.3 Å². The molecule has 0 bridgehead atoms. The highest BCUT2D eigenvalue weighted by atomic mass is 16.4. The fourth-order valence-electron chi connectivity index (χ4n) is 2.44.